The molecule has 3 nitrogen and oxygen atoms in total. The van der Waals surface area contributed by atoms with E-state index in [4.69, 9.17) is 5.11 Å². The van der Waals surface area contributed by atoms with Crippen molar-refractivity contribution < 1.29 is 5.11 Å². The Hall–Kier alpha value is -1.09. The molecular formula is C8H12N2O. The average molecular weight is 152 g/mol. The van der Waals surface area contributed by atoms with Gasteiger partial charge in [-0.25, -0.2) is 0 Å². The van der Waals surface area contributed by atoms with Gasteiger partial charge < -0.3 is 10.4 Å². The Morgan fingerprint density at radius 2 is 2.36 bits per heavy atom. The Bertz CT molecular complexity index is 208. The minimum atomic E-state index is 0.213. The Morgan fingerprint density at radius 3 is 2.91 bits per heavy atom. The molecular weight excluding hydrogens is 140 g/mol. The van der Waals surface area contributed by atoms with Crippen molar-refractivity contribution in [1.82, 2.24) is 10.3 Å². The summed E-state index contributed by atoms with van der Waals surface area (Å²) >= 11 is 0. The van der Waals surface area contributed by atoms with E-state index >= 15 is 0 Å². The van der Waals surface area contributed by atoms with E-state index in [9.17, 15) is 0 Å². The van der Waals surface area contributed by atoms with Crippen molar-refractivity contribution in [3.8, 4) is 5.75 Å². The molecule has 1 aromatic heterocycles. The molecule has 0 aliphatic carbocycles. The van der Waals surface area contributed by atoms with Crippen molar-refractivity contribution in [3.63, 3.8) is 0 Å². The number of aromatic hydroxyl groups is 1. The van der Waals surface area contributed by atoms with Gasteiger partial charge in [-0.05, 0) is 18.7 Å². The summed E-state index contributed by atoms with van der Waals surface area (Å²) < 4.78 is 0. The first-order valence-corrected chi connectivity index (χ1v) is 3.67. The highest BCUT2D eigenvalue weighted by Crippen LogP contribution is 2.04. The van der Waals surface area contributed by atoms with Gasteiger partial charge in [-0.3, -0.25) is 4.98 Å². The Balaban J connectivity index is 2.52. The molecule has 1 rings (SSSR count). The molecule has 0 saturated carbocycles. The van der Waals surface area contributed by atoms with Gasteiger partial charge >= 0.3 is 0 Å². The lowest BCUT2D eigenvalue weighted by molar-refractivity contribution is 0.472. The topological polar surface area (TPSA) is 45.1 Å². The maximum atomic E-state index is 8.90. The van der Waals surface area contributed by atoms with Crippen LogP contribution in [0.5, 0.6) is 5.75 Å². The van der Waals surface area contributed by atoms with Gasteiger partial charge in [0.1, 0.15) is 5.75 Å². The summed E-state index contributed by atoms with van der Waals surface area (Å²) in [5.74, 6) is 0.213. The van der Waals surface area contributed by atoms with E-state index in [1.807, 2.05) is 6.92 Å². The number of rotatable bonds is 3. The van der Waals surface area contributed by atoms with Crippen LogP contribution in [0.25, 0.3) is 0 Å². The number of nitrogens with zero attached hydrogens (tertiary/aromatic N) is 1. The van der Waals surface area contributed by atoms with Crippen molar-refractivity contribution in [2.75, 3.05) is 6.54 Å². The van der Waals surface area contributed by atoms with Crippen LogP contribution in [0.2, 0.25) is 0 Å². The summed E-state index contributed by atoms with van der Waals surface area (Å²) in [4.78, 5) is 4.00. The third-order valence-electron chi connectivity index (χ3n) is 1.37. The van der Waals surface area contributed by atoms with Crippen molar-refractivity contribution in [3.05, 3.63) is 24.0 Å². The van der Waals surface area contributed by atoms with Gasteiger partial charge in [-0.1, -0.05) is 6.92 Å². The molecule has 0 saturated heterocycles. The van der Waals surface area contributed by atoms with Crippen LogP contribution in [0.15, 0.2) is 18.3 Å². The molecule has 2 N–H and O–H groups in total. The van der Waals surface area contributed by atoms with Crippen molar-refractivity contribution in [1.29, 1.82) is 0 Å². The Labute approximate surface area is 66.1 Å². The number of aromatic nitrogens is 1. The molecule has 60 valence electrons. The molecule has 1 aromatic rings. The second-order valence-electron chi connectivity index (χ2n) is 2.29. The van der Waals surface area contributed by atoms with Gasteiger partial charge in [0, 0.05) is 6.54 Å². The molecule has 1 heterocycles. The molecule has 0 fully saturated rings. The summed E-state index contributed by atoms with van der Waals surface area (Å²) in [5, 5.41) is 12.0. The summed E-state index contributed by atoms with van der Waals surface area (Å²) in [7, 11) is 0. The van der Waals surface area contributed by atoms with Gasteiger partial charge in [-0.2, -0.15) is 0 Å². The molecule has 0 aliphatic rings. The van der Waals surface area contributed by atoms with E-state index in [0.717, 1.165) is 18.8 Å². The lowest BCUT2D eigenvalue weighted by atomic mass is 10.3. The molecule has 0 atom stereocenters. The van der Waals surface area contributed by atoms with Gasteiger partial charge in [0.15, 0.2) is 0 Å². The van der Waals surface area contributed by atoms with Crippen LogP contribution in [-0.4, -0.2) is 16.6 Å². The first-order chi connectivity index (χ1) is 5.33. The predicted octanol–water partition coefficient (Wildman–Crippen LogP) is 0.897. The highest BCUT2D eigenvalue weighted by molar-refractivity contribution is 5.17. The molecule has 11 heavy (non-hydrogen) atoms. The average Bonchev–Trinajstić information content (AvgIpc) is 2.04. The fourth-order valence-corrected chi connectivity index (χ4v) is 0.774. The SMILES string of the molecule is CCNCc1ccc(O)cn1. The zero-order valence-electron chi connectivity index (χ0n) is 6.54. The third-order valence-corrected chi connectivity index (χ3v) is 1.37. The lowest BCUT2D eigenvalue weighted by Crippen LogP contribution is -2.12. The van der Waals surface area contributed by atoms with Crippen LogP contribution >= 0.6 is 0 Å². The van der Waals surface area contributed by atoms with Crippen molar-refractivity contribution in [2.24, 2.45) is 0 Å². The minimum absolute atomic E-state index is 0.213. The summed E-state index contributed by atoms with van der Waals surface area (Å²) in [6.07, 6.45) is 1.45. The van der Waals surface area contributed by atoms with Crippen LogP contribution in [-0.2, 0) is 6.54 Å². The van der Waals surface area contributed by atoms with Gasteiger partial charge in [-0.15, -0.1) is 0 Å². The fourth-order valence-electron chi connectivity index (χ4n) is 0.774. The quantitative estimate of drug-likeness (QED) is 0.676. The molecule has 0 spiro atoms. The summed E-state index contributed by atoms with van der Waals surface area (Å²) in [6.45, 7) is 3.74. The number of hydrogen-bond donors (Lipinski definition) is 2. The molecule has 0 unspecified atom stereocenters. The molecule has 0 bridgehead atoms. The normalized spacial score (nSPS) is 9.91. The monoisotopic (exact) mass is 152 g/mol. The third kappa shape index (κ3) is 2.55. The molecule has 0 aliphatic heterocycles. The summed E-state index contributed by atoms with van der Waals surface area (Å²) in [6, 6.07) is 3.44. The Kier molecular flexibility index (Phi) is 2.86. The second kappa shape index (κ2) is 3.93. The maximum absolute atomic E-state index is 8.90. The van der Waals surface area contributed by atoms with Gasteiger partial charge in [0.05, 0.1) is 11.9 Å². The van der Waals surface area contributed by atoms with Crippen molar-refractivity contribution >= 4 is 0 Å². The highest BCUT2D eigenvalue weighted by Gasteiger charge is 1.91. The molecule has 0 aromatic carbocycles. The lowest BCUT2D eigenvalue weighted by Gasteiger charge is -1.99. The smallest absolute Gasteiger partial charge is 0.133 e. The van der Waals surface area contributed by atoms with E-state index < -0.39 is 0 Å². The standard InChI is InChI=1S/C8H12N2O/c1-2-9-5-7-3-4-8(11)6-10-7/h3-4,6,9,11H,2,5H2,1H3. The van der Waals surface area contributed by atoms with Crippen LogP contribution in [0.1, 0.15) is 12.6 Å². The van der Waals surface area contributed by atoms with Crippen molar-refractivity contribution in [2.45, 2.75) is 13.5 Å². The number of pyridine rings is 1. The second-order valence-corrected chi connectivity index (χ2v) is 2.29. The molecule has 3 heteroatoms. The van der Waals surface area contributed by atoms with Crippen LogP contribution in [0.4, 0.5) is 0 Å². The minimum Gasteiger partial charge on any atom is -0.506 e. The summed E-state index contributed by atoms with van der Waals surface area (Å²) in [5.41, 5.74) is 0.949. The van der Waals surface area contributed by atoms with Crippen LogP contribution < -0.4 is 5.32 Å². The highest BCUT2D eigenvalue weighted by atomic mass is 16.3. The number of hydrogen-bond acceptors (Lipinski definition) is 3. The van der Waals surface area contributed by atoms with Gasteiger partial charge in [0.25, 0.3) is 0 Å². The Morgan fingerprint density at radius 1 is 1.55 bits per heavy atom. The molecule has 0 radical (unpaired) electrons. The largest absolute Gasteiger partial charge is 0.506 e. The van der Waals surface area contributed by atoms with E-state index in [1.54, 1.807) is 12.1 Å². The molecule has 0 amide bonds. The van der Waals surface area contributed by atoms with Crippen LogP contribution in [0, 0.1) is 0 Å². The zero-order chi connectivity index (χ0) is 8.10. The zero-order valence-corrected chi connectivity index (χ0v) is 6.54. The van der Waals surface area contributed by atoms with Gasteiger partial charge in [0.2, 0.25) is 0 Å². The maximum Gasteiger partial charge on any atom is 0.133 e. The van der Waals surface area contributed by atoms with E-state index in [0.29, 0.717) is 0 Å². The van der Waals surface area contributed by atoms with E-state index in [-0.39, 0.29) is 5.75 Å². The predicted molar refractivity (Wildman–Crippen MR) is 43.3 cm³/mol. The first-order valence-electron chi connectivity index (χ1n) is 3.67. The fraction of sp³-hybridized carbons (Fsp3) is 0.375. The number of nitrogens with one attached hydrogen (secondary N) is 1. The van der Waals surface area contributed by atoms with Crippen LogP contribution in [0.3, 0.4) is 0 Å². The van der Waals surface area contributed by atoms with E-state index in [2.05, 4.69) is 10.3 Å². The van der Waals surface area contributed by atoms with E-state index in [1.165, 1.54) is 6.20 Å². The first kappa shape index (κ1) is 8.01.